The van der Waals surface area contributed by atoms with E-state index in [0.29, 0.717) is 19.0 Å². The first kappa shape index (κ1) is 22.4. The largest absolute Gasteiger partial charge is 0.381 e. The smallest absolute Gasteiger partial charge is 0.237 e. The molecule has 3 aliphatic rings. The minimum atomic E-state index is 0.204. The number of nitrogens with zero attached hydrogens (tertiary/aromatic N) is 5. The van der Waals surface area contributed by atoms with Gasteiger partial charge >= 0.3 is 0 Å². The van der Waals surface area contributed by atoms with Crippen molar-refractivity contribution in [2.24, 2.45) is 5.92 Å². The van der Waals surface area contributed by atoms with Crippen LogP contribution in [0.25, 0.3) is 0 Å². The molecule has 3 aliphatic heterocycles. The van der Waals surface area contributed by atoms with Gasteiger partial charge in [-0.25, -0.2) is 9.97 Å². The van der Waals surface area contributed by atoms with Crippen molar-refractivity contribution in [1.29, 1.82) is 0 Å². The van der Waals surface area contributed by atoms with Crippen molar-refractivity contribution in [2.45, 2.75) is 38.3 Å². The number of benzene rings is 1. The Balaban J connectivity index is 1.24. The Bertz CT molecular complexity index is 947. The molecule has 0 unspecified atom stereocenters. The molecule has 1 aromatic heterocycles. The van der Waals surface area contributed by atoms with Crippen molar-refractivity contribution in [3.05, 3.63) is 59.2 Å². The number of hydrogen-bond acceptors (Lipinski definition) is 6. The molecule has 0 saturated carbocycles. The van der Waals surface area contributed by atoms with Crippen molar-refractivity contribution >= 4 is 5.91 Å². The summed E-state index contributed by atoms with van der Waals surface area (Å²) in [5, 5.41) is 0. The molecule has 1 amide bonds. The number of carbonyl (C=O) groups excluding carboxylic acids is 1. The summed E-state index contributed by atoms with van der Waals surface area (Å²) < 4.78 is 5.48. The van der Waals surface area contributed by atoms with Gasteiger partial charge in [-0.2, -0.15) is 0 Å². The Labute approximate surface area is 196 Å². The zero-order valence-electron chi connectivity index (χ0n) is 19.7. The van der Waals surface area contributed by atoms with Crippen LogP contribution in [0.5, 0.6) is 0 Å². The zero-order chi connectivity index (χ0) is 22.6. The van der Waals surface area contributed by atoms with Gasteiger partial charge in [0.05, 0.1) is 18.8 Å². The molecule has 0 radical (unpaired) electrons. The standard InChI is InChI=1S/C26H35N5O2/c1-29-11-12-30(24(18-29)21-5-3-2-4-6-21)19-26(32)31-10-7-22-16-27-25(28-23(22)17-31)15-20-8-13-33-14-9-20/h2-6,16,20,24H,7-15,17-19H2,1H3/t24-/m1/s1. The molecule has 176 valence electrons. The molecule has 0 N–H and O–H groups in total. The number of piperazine rings is 1. The highest BCUT2D eigenvalue weighted by Gasteiger charge is 2.31. The second kappa shape index (κ2) is 10.3. The highest BCUT2D eigenvalue weighted by Crippen LogP contribution is 2.26. The average molecular weight is 450 g/mol. The lowest BCUT2D eigenvalue weighted by Crippen LogP contribution is -2.51. The molecular formula is C26H35N5O2. The van der Waals surface area contributed by atoms with E-state index in [1.807, 2.05) is 11.1 Å². The number of fused-ring (bicyclic) bond motifs is 1. The molecule has 2 saturated heterocycles. The minimum absolute atomic E-state index is 0.204. The number of ether oxygens (including phenoxy) is 1. The Morgan fingerprint density at radius 1 is 1.12 bits per heavy atom. The first-order valence-electron chi connectivity index (χ1n) is 12.3. The third-order valence-corrected chi connectivity index (χ3v) is 7.38. The van der Waals surface area contributed by atoms with E-state index in [-0.39, 0.29) is 11.9 Å². The summed E-state index contributed by atoms with van der Waals surface area (Å²) in [6.45, 7) is 6.33. The first-order valence-corrected chi connectivity index (χ1v) is 12.3. The van der Waals surface area contributed by atoms with Crippen LogP contribution >= 0.6 is 0 Å². The number of carbonyl (C=O) groups is 1. The molecule has 2 aromatic rings. The normalized spacial score (nSPS) is 22.8. The van der Waals surface area contributed by atoms with E-state index < -0.39 is 0 Å². The van der Waals surface area contributed by atoms with Crippen LogP contribution in [0, 0.1) is 5.92 Å². The monoisotopic (exact) mass is 449 g/mol. The van der Waals surface area contributed by atoms with E-state index in [0.717, 1.165) is 76.6 Å². The van der Waals surface area contributed by atoms with Crippen molar-refractivity contribution in [2.75, 3.05) is 53.0 Å². The third kappa shape index (κ3) is 5.42. The van der Waals surface area contributed by atoms with Crippen LogP contribution in [0.15, 0.2) is 36.5 Å². The van der Waals surface area contributed by atoms with Crippen molar-refractivity contribution in [3.8, 4) is 0 Å². The molecule has 33 heavy (non-hydrogen) atoms. The van der Waals surface area contributed by atoms with E-state index in [4.69, 9.17) is 9.72 Å². The highest BCUT2D eigenvalue weighted by atomic mass is 16.5. The maximum Gasteiger partial charge on any atom is 0.237 e. The third-order valence-electron chi connectivity index (χ3n) is 7.38. The van der Waals surface area contributed by atoms with E-state index in [1.54, 1.807) is 0 Å². The Kier molecular flexibility index (Phi) is 6.99. The maximum atomic E-state index is 13.3. The lowest BCUT2D eigenvalue weighted by Gasteiger charge is -2.41. The van der Waals surface area contributed by atoms with E-state index in [1.165, 1.54) is 11.1 Å². The van der Waals surface area contributed by atoms with Crippen LogP contribution < -0.4 is 0 Å². The average Bonchev–Trinajstić information content (AvgIpc) is 2.86. The van der Waals surface area contributed by atoms with Crippen LogP contribution in [-0.4, -0.2) is 83.6 Å². The maximum absolute atomic E-state index is 13.3. The van der Waals surface area contributed by atoms with Crippen LogP contribution in [0.1, 0.15) is 41.5 Å². The van der Waals surface area contributed by atoms with Gasteiger partial charge in [-0.1, -0.05) is 30.3 Å². The Hall–Kier alpha value is -2.35. The Morgan fingerprint density at radius 3 is 2.76 bits per heavy atom. The molecule has 7 nitrogen and oxygen atoms in total. The van der Waals surface area contributed by atoms with Crippen molar-refractivity contribution < 1.29 is 9.53 Å². The van der Waals surface area contributed by atoms with Gasteiger partial charge in [0.25, 0.3) is 0 Å². The number of aromatic nitrogens is 2. The van der Waals surface area contributed by atoms with Gasteiger partial charge in [-0.15, -0.1) is 0 Å². The number of hydrogen-bond donors (Lipinski definition) is 0. The number of rotatable bonds is 5. The number of likely N-dealkylation sites (N-methyl/N-ethyl adjacent to an activating group) is 1. The summed E-state index contributed by atoms with van der Waals surface area (Å²) in [5.74, 6) is 1.72. The molecular weight excluding hydrogens is 414 g/mol. The fraction of sp³-hybridized carbons (Fsp3) is 0.577. The van der Waals surface area contributed by atoms with Gasteiger partial charge < -0.3 is 14.5 Å². The minimum Gasteiger partial charge on any atom is -0.381 e. The van der Waals surface area contributed by atoms with Crippen LogP contribution in [-0.2, 0) is 28.9 Å². The van der Waals surface area contributed by atoms with E-state index in [2.05, 4.69) is 52.2 Å². The SMILES string of the molecule is CN1CCN(CC(=O)N2CCc3cnc(CC4CCOCC4)nc3C2)[C@@H](c2ccccc2)C1. The highest BCUT2D eigenvalue weighted by molar-refractivity contribution is 5.78. The molecule has 7 heteroatoms. The zero-order valence-corrected chi connectivity index (χ0v) is 19.7. The summed E-state index contributed by atoms with van der Waals surface area (Å²) in [4.78, 5) is 29.6. The lowest BCUT2D eigenvalue weighted by molar-refractivity contribution is -0.134. The summed E-state index contributed by atoms with van der Waals surface area (Å²) >= 11 is 0. The Morgan fingerprint density at radius 2 is 1.94 bits per heavy atom. The molecule has 0 bridgehead atoms. The lowest BCUT2D eigenvalue weighted by atomic mass is 9.96. The molecule has 2 fully saturated rings. The molecule has 0 spiro atoms. The molecule has 4 heterocycles. The van der Waals surface area contributed by atoms with Gasteiger partial charge in [0.1, 0.15) is 5.82 Å². The van der Waals surface area contributed by atoms with Crippen LogP contribution in [0.4, 0.5) is 0 Å². The quantitative estimate of drug-likeness (QED) is 0.698. The van der Waals surface area contributed by atoms with Crippen molar-refractivity contribution in [3.63, 3.8) is 0 Å². The second-order valence-electron chi connectivity index (χ2n) is 9.74. The fourth-order valence-corrected chi connectivity index (χ4v) is 5.28. The molecule has 5 rings (SSSR count). The predicted molar refractivity (Wildman–Crippen MR) is 127 cm³/mol. The topological polar surface area (TPSA) is 61.8 Å². The predicted octanol–water partition coefficient (Wildman–Crippen LogP) is 2.32. The van der Waals surface area contributed by atoms with E-state index in [9.17, 15) is 4.79 Å². The summed E-state index contributed by atoms with van der Waals surface area (Å²) in [6.07, 6.45) is 5.90. The summed E-state index contributed by atoms with van der Waals surface area (Å²) in [6, 6.07) is 10.8. The first-order chi connectivity index (χ1) is 16.2. The summed E-state index contributed by atoms with van der Waals surface area (Å²) in [7, 11) is 2.16. The summed E-state index contributed by atoms with van der Waals surface area (Å²) in [5.41, 5.74) is 3.51. The van der Waals surface area contributed by atoms with Gasteiger partial charge in [-0.05, 0) is 43.4 Å². The van der Waals surface area contributed by atoms with E-state index >= 15 is 0 Å². The van der Waals surface area contributed by atoms with Crippen LogP contribution in [0.2, 0.25) is 0 Å². The van der Waals surface area contributed by atoms with Crippen LogP contribution in [0.3, 0.4) is 0 Å². The van der Waals surface area contributed by atoms with Gasteiger partial charge in [0, 0.05) is 58.1 Å². The van der Waals surface area contributed by atoms with Gasteiger partial charge in [0.15, 0.2) is 0 Å². The molecule has 1 atom stereocenters. The van der Waals surface area contributed by atoms with Crippen molar-refractivity contribution in [1.82, 2.24) is 24.7 Å². The fourth-order valence-electron chi connectivity index (χ4n) is 5.28. The second-order valence-corrected chi connectivity index (χ2v) is 9.74. The van der Waals surface area contributed by atoms with Gasteiger partial charge in [-0.3, -0.25) is 9.69 Å². The molecule has 1 aromatic carbocycles. The molecule has 0 aliphatic carbocycles. The number of amides is 1. The van der Waals surface area contributed by atoms with Gasteiger partial charge in [0.2, 0.25) is 5.91 Å².